The molecule has 2 nitrogen and oxygen atoms in total. The standard InChI is InChI=1S/C14H17BrO2/c1-14(2,3)13(16)17-10-4-5-11-6-8-12(15)9-7-11/h4-9H,10H2,1-3H3/b5-4+. The summed E-state index contributed by atoms with van der Waals surface area (Å²) in [6.45, 7) is 5.83. The van der Waals surface area contributed by atoms with Gasteiger partial charge in [0.05, 0.1) is 5.41 Å². The van der Waals surface area contributed by atoms with Gasteiger partial charge in [-0.2, -0.15) is 0 Å². The number of halogens is 1. The minimum absolute atomic E-state index is 0.182. The maximum atomic E-state index is 11.5. The summed E-state index contributed by atoms with van der Waals surface area (Å²) >= 11 is 3.37. The van der Waals surface area contributed by atoms with E-state index in [0.29, 0.717) is 6.61 Å². The lowest BCUT2D eigenvalue weighted by Gasteiger charge is -2.15. The zero-order chi connectivity index (χ0) is 12.9. The van der Waals surface area contributed by atoms with Crippen LogP contribution in [0.3, 0.4) is 0 Å². The van der Waals surface area contributed by atoms with Gasteiger partial charge in [-0.25, -0.2) is 0 Å². The van der Waals surface area contributed by atoms with Crippen molar-refractivity contribution in [1.82, 2.24) is 0 Å². The lowest BCUT2D eigenvalue weighted by Crippen LogP contribution is -2.22. The molecule has 0 atom stereocenters. The van der Waals surface area contributed by atoms with Gasteiger partial charge in [-0.3, -0.25) is 4.79 Å². The highest BCUT2D eigenvalue weighted by Gasteiger charge is 2.22. The van der Waals surface area contributed by atoms with Crippen molar-refractivity contribution in [2.24, 2.45) is 5.41 Å². The monoisotopic (exact) mass is 296 g/mol. The van der Waals surface area contributed by atoms with E-state index in [2.05, 4.69) is 15.9 Å². The second-order valence-electron chi connectivity index (χ2n) is 4.80. The highest BCUT2D eigenvalue weighted by atomic mass is 79.9. The van der Waals surface area contributed by atoms with E-state index in [0.717, 1.165) is 10.0 Å². The molecule has 1 aromatic rings. The van der Waals surface area contributed by atoms with Crippen LogP contribution >= 0.6 is 15.9 Å². The number of rotatable bonds is 3. The van der Waals surface area contributed by atoms with Gasteiger partial charge in [0.1, 0.15) is 6.61 Å². The second kappa shape index (κ2) is 6.01. The zero-order valence-electron chi connectivity index (χ0n) is 10.4. The van der Waals surface area contributed by atoms with Gasteiger partial charge in [-0.15, -0.1) is 0 Å². The Morgan fingerprint density at radius 1 is 1.29 bits per heavy atom. The fraction of sp³-hybridized carbons (Fsp3) is 0.357. The molecule has 0 aliphatic carbocycles. The molecule has 0 amide bonds. The maximum Gasteiger partial charge on any atom is 0.311 e. The Morgan fingerprint density at radius 3 is 2.41 bits per heavy atom. The summed E-state index contributed by atoms with van der Waals surface area (Å²) in [6.07, 6.45) is 3.77. The summed E-state index contributed by atoms with van der Waals surface area (Å²) in [5.74, 6) is -0.182. The third kappa shape index (κ3) is 5.18. The molecule has 0 saturated carbocycles. The van der Waals surface area contributed by atoms with Crippen molar-refractivity contribution in [1.29, 1.82) is 0 Å². The first-order valence-electron chi connectivity index (χ1n) is 5.49. The van der Waals surface area contributed by atoms with Crippen LogP contribution in [0.1, 0.15) is 26.3 Å². The SMILES string of the molecule is CC(C)(C)C(=O)OC/C=C/c1ccc(Br)cc1. The Kier molecular flexibility index (Phi) is 4.94. The molecule has 0 aliphatic rings. The van der Waals surface area contributed by atoms with Crippen LogP contribution in [0.5, 0.6) is 0 Å². The van der Waals surface area contributed by atoms with Crippen LogP contribution in [0.4, 0.5) is 0 Å². The van der Waals surface area contributed by atoms with E-state index in [4.69, 9.17) is 4.74 Å². The van der Waals surface area contributed by atoms with Crippen LogP contribution in [-0.2, 0) is 9.53 Å². The maximum absolute atomic E-state index is 11.5. The summed E-state index contributed by atoms with van der Waals surface area (Å²) in [5, 5.41) is 0. The molecule has 3 heteroatoms. The molecule has 0 fully saturated rings. The van der Waals surface area contributed by atoms with Gasteiger partial charge in [-0.1, -0.05) is 34.1 Å². The summed E-state index contributed by atoms with van der Waals surface area (Å²) in [7, 11) is 0. The minimum Gasteiger partial charge on any atom is -0.461 e. The Labute approximate surface area is 111 Å². The molecule has 0 aromatic heterocycles. The number of carbonyl (C=O) groups is 1. The number of hydrogen-bond acceptors (Lipinski definition) is 2. The molecule has 17 heavy (non-hydrogen) atoms. The topological polar surface area (TPSA) is 26.3 Å². The third-order valence-corrected chi connectivity index (χ3v) is 2.63. The average molecular weight is 297 g/mol. The van der Waals surface area contributed by atoms with Crippen molar-refractivity contribution < 1.29 is 9.53 Å². The van der Waals surface area contributed by atoms with Gasteiger partial charge < -0.3 is 4.74 Å². The molecule has 0 aliphatic heterocycles. The molecule has 0 spiro atoms. The van der Waals surface area contributed by atoms with E-state index in [1.54, 1.807) is 0 Å². The normalized spacial score (nSPS) is 11.8. The van der Waals surface area contributed by atoms with E-state index < -0.39 is 5.41 Å². The molecule has 0 heterocycles. The Balaban J connectivity index is 2.41. The lowest BCUT2D eigenvalue weighted by atomic mass is 9.97. The molecule has 0 bridgehead atoms. The van der Waals surface area contributed by atoms with E-state index in [9.17, 15) is 4.79 Å². The minimum atomic E-state index is -0.439. The molecular formula is C14H17BrO2. The van der Waals surface area contributed by atoms with Gasteiger partial charge in [0, 0.05) is 4.47 Å². The molecule has 1 aromatic carbocycles. The molecule has 92 valence electrons. The molecular weight excluding hydrogens is 280 g/mol. The van der Waals surface area contributed by atoms with Crippen LogP contribution in [0.2, 0.25) is 0 Å². The van der Waals surface area contributed by atoms with Gasteiger partial charge in [0.2, 0.25) is 0 Å². The summed E-state index contributed by atoms with van der Waals surface area (Å²) < 4.78 is 6.17. The van der Waals surface area contributed by atoms with Gasteiger partial charge in [0.15, 0.2) is 0 Å². The zero-order valence-corrected chi connectivity index (χ0v) is 12.0. The van der Waals surface area contributed by atoms with Crippen LogP contribution in [0, 0.1) is 5.41 Å². The van der Waals surface area contributed by atoms with E-state index >= 15 is 0 Å². The predicted octanol–water partition coefficient (Wildman–Crippen LogP) is 4.05. The fourth-order valence-corrected chi connectivity index (χ4v) is 1.36. The lowest BCUT2D eigenvalue weighted by molar-refractivity contribution is -0.151. The molecule has 0 unspecified atom stereocenters. The van der Waals surface area contributed by atoms with E-state index in [1.807, 2.05) is 57.2 Å². The van der Waals surface area contributed by atoms with Crippen molar-refractivity contribution in [3.63, 3.8) is 0 Å². The highest BCUT2D eigenvalue weighted by Crippen LogP contribution is 2.15. The average Bonchev–Trinajstić information content (AvgIpc) is 2.25. The van der Waals surface area contributed by atoms with E-state index in [1.165, 1.54) is 0 Å². The smallest absolute Gasteiger partial charge is 0.311 e. The van der Waals surface area contributed by atoms with Gasteiger partial charge >= 0.3 is 5.97 Å². The predicted molar refractivity (Wildman–Crippen MR) is 73.6 cm³/mol. The van der Waals surface area contributed by atoms with Crippen LogP contribution in [0.15, 0.2) is 34.8 Å². The quantitative estimate of drug-likeness (QED) is 0.787. The Bertz CT molecular complexity index is 399. The Morgan fingerprint density at radius 2 is 1.88 bits per heavy atom. The number of hydrogen-bond donors (Lipinski definition) is 0. The van der Waals surface area contributed by atoms with Crippen molar-refractivity contribution >= 4 is 28.0 Å². The van der Waals surface area contributed by atoms with Crippen LogP contribution in [0.25, 0.3) is 6.08 Å². The van der Waals surface area contributed by atoms with Crippen molar-refractivity contribution in [2.45, 2.75) is 20.8 Å². The van der Waals surface area contributed by atoms with Crippen molar-refractivity contribution in [3.8, 4) is 0 Å². The third-order valence-electron chi connectivity index (χ3n) is 2.10. The van der Waals surface area contributed by atoms with Crippen LogP contribution in [-0.4, -0.2) is 12.6 Å². The number of carbonyl (C=O) groups excluding carboxylic acids is 1. The van der Waals surface area contributed by atoms with Gasteiger partial charge in [-0.05, 0) is 44.5 Å². The molecule has 0 saturated heterocycles. The first kappa shape index (κ1) is 14.0. The number of ether oxygens (including phenoxy) is 1. The van der Waals surface area contributed by atoms with Crippen molar-refractivity contribution in [3.05, 3.63) is 40.4 Å². The molecule has 0 N–H and O–H groups in total. The number of esters is 1. The largest absolute Gasteiger partial charge is 0.461 e. The molecule has 0 radical (unpaired) electrons. The van der Waals surface area contributed by atoms with E-state index in [-0.39, 0.29) is 5.97 Å². The van der Waals surface area contributed by atoms with Crippen LogP contribution < -0.4 is 0 Å². The summed E-state index contributed by atoms with van der Waals surface area (Å²) in [6, 6.07) is 7.93. The second-order valence-corrected chi connectivity index (χ2v) is 5.72. The summed E-state index contributed by atoms with van der Waals surface area (Å²) in [4.78, 5) is 11.5. The van der Waals surface area contributed by atoms with Crippen molar-refractivity contribution in [2.75, 3.05) is 6.61 Å². The van der Waals surface area contributed by atoms with Gasteiger partial charge in [0.25, 0.3) is 0 Å². The number of benzene rings is 1. The molecule has 1 rings (SSSR count). The fourth-order valence-electron chi connectivity index (χ4n) is 1.10. The Hall–Kier alpha value is -1.09. The first-order chi connectivity index (χ1) is 7.89. The highest BCUT2D eigenvalue weighted by molar-refractivity contribution is 9.10. The summed E-state index contributed by atoms with van der Waals surface area (Å²) in [5.41, 5.74) is 0.644. The first-order valence-corrected chi connectivity index (χ1v) is 6.28.